The standard InChI is InChI=1S/C13H22N4OS/c1-4-14-10-8-11(17-12(16-10)19-3)15-9-13(18-2)6-5-7-13/h8H,4-7,9H2,1-3H3,(H2,14,15,16,17). The van der Waals surface area contributed by atoms with E-state index in [0.717, 1.165) is 42.7 Å². The van der Waals surface area contributed by atoms with Gasteiger partial charge in [0.2, 0.25) is 0 Å². The Morgan fingerprint density at radius 1 is 1.32 bits per heavy atom. The monoisotopic (exact) mass is 282 g/mol. The summed E-state index contributed by atoms with van der Waals surface area (Å²) in [6.07, 6.45) is 5.48. The van der Waals surface area contributed by atoms with E-state index in [-0.39, 0.29) is 5.60 Å². The van der Waals surface area contributed by atoms with Crippen molar-refractivity contribution in [2.45, 2.75) is 36.9 Å². The molecule has 0 saturated heterocycles. The summed E-state index contributed by atoms with van der Waals surface area (Å²) >= 11 is 1.55. The molecule has 6 heteroatoms. The molecule has 0 radical (unpaired) electrons. The Bertz CT molecular complexity index is 418. The summed E-state index contributed by atoms with van der Waals surface area (Å²) in [7, 11) is 1.79. The van der Waals surface area contributed by atoms with Crippen LogP contribution in [0, 0.1) is 0 Å². The van der Waals surface area contributed by atoms with E-state index >= 15 is 0 Å². The lowest BCUT2D eigenvalue weighted by Gasteiger charge is -2.40. The molecule has 0 atom stereocenters. The topological polar surface area (TPSA) is 59.1 Å². The van der Waals surface area contributed by atoms with Gasteiger partial charge < -0.3 is 15.4 Å². The van der Waals surface area contributed by atoms with Crippen molar-refractivity contribution in [1.29, 1.82) is 0 Å². The zero-order valence-electron chi connectivity index (χ0n) is 11.8. The molecule has 1 fully saturated rings. The van der Waals surface area contributed by atoms with Gasteiger partial charge in [-0.15, -0.1) is 0 Å². The Labute approximate surface area is 118 Å². The lowest BCUT2D eigenvalue weighted by Crippen LogP contribution is -2.45. The first-order valence-corrected chi connectivity index (χ1v) is 7.90. The second kappa shape index (κ2) is 6.43. The van der Waals surface area contributed by atoms with Crippen LogP contribution < -0.4 is 10.6 Å². The van der Waals surface area contributed by atoms with Crippen LogP contribution in [-0.4, -0.2) is 42.0 Å². The van der Waals surface area contributed by atoms with Gasteiger partial charge in [0.25, 0.3) is 0 Å². The van der Waals surface area contributed by atoms with Gasteiger partial charge in [-0.2, -0.15) is 0 Å². The lowest BCUT2D eigenvalue weighted by molar-refractivity contribution is -0.0601. The molecule has 1 aromatic heterocycles. The minimum Gasteiger partial charge on any atom is -0.376 e. The van der Waals surface area contributed by atoms with E-state index in [4.69, 9.17) is 4.74 Å². The first-order valence-electron chi connectivity index (χ1n) is 6.67. The molecule has 1 aliphatic carbocycles. The Morgan fingerprint density at radius 3 is 2.47 bits per heavy atom. The normalized spacial score (nSPS) is 16.8. The molecule has 5 nitrogen and oxygen atoms in total. The molecular weight excluding hydrogens is 260 g/mol. The van der Waals surface area contributed by atoms with Crippen LogP contribution in [0.4, 0.5) is 11.6 Å². The fourth-order valence-electron chi connectivity index (χ4n) is 2.15. The average molecular weight is 282 g/mol. The summed E-state index contributed by atoms with van der Waals surface area (Å²) in [5, 5.41) is 7.39. The number of anilines is 2. The summed E-state index contributed by atoms with van der Waals surface area (Å²) in [5.41, 5.74) is 0.00280. The number of hydrogen-bond acceptors (Lipinski definition) is 6. The van der Waals surface area contributed by atoms with Crippen LogP contribution in [0.5, 0.6) is 0 Å². The molecule has 0 aromatic carbocycles. The highest BCUT2D eigenvalue weighted by atomic mass is 32.2. The molecule has 1 saturated carbocycles. The second-order valence-electron chi connectivity index (χ2n) is 4.75. The van der Waals surface area contributed by atoms with Gasteiger partial charge in [0.05, 0.1) is 5.60 Å². The van der Waals surface area contributed by atoms with Crippen molar-refractivity contribution < 1.29 is 4.74 Å². The molecule has 106 valence electrons. The van der Waals surface area contributed by atoms with Gasteiger partial charge in [0, 0.05) is 26.3 Å². The predicted octanol–water partition coefficient (Wildman–Crippen LogP) is 2.61. The summed E-state index contributed by atoms with van der Waals surface area (Å²) in [4.78, 5) is 8.88. The van der Waals surface area contributed by atoms with Gasteiger partial charge >= 0.3 is 0 Å². The summed E-state index contributed by atoms with van der Waals surface area (Å²) in [6, 6.07) is 1.95. The van der Waals surface area contributed by atoms with E-state index in [1.54, 1.807) is 18.9 Å². The third-order valence-corrected chi connectivity index (χ3v) is 4.08. The van der Waals surface area contributed by atoms with Crippen molar-refractivity contribution in [2.24, 2.45) is 0 Å². The van der Waals surface area contributed by atoms with Crippen molar-refractivity contribution in [2.75, 3.05) is 37.1 Å². The number of nitrogens with one attached hydrogen (secondary N) is 2. The number of aromatic nitrogens is 2. The molecule has 1 heterocycles. The SMILES string of the molecule is CCNc1cc(NCC2(OC)CCC2)nc(SC)n1. The minimum absolute atomic E-state index is 0.00280. The maximum atomic E-state index is 5.60. The van der Waals surface area contributed by atoms with Crippen LogP contribution in [0.2, 0.25) is 0 Å². The minimum atomic E-state index is 0.00280. The quantitative estimate of drug-likeness (QED) is 0.592. The van der Waals surface area contributed by atoms with Gasteiger partial charge in [0.1, 0.15) is 11.6 Å². The van der Waals surface area contributed by atoms with Crippen molar-refractivity contribution in [3.05, 3.63) is 6.07 Å². The van der Waals surface area contributed by atoms with Gasteiger partial charge in [-0.25, -0.2) is 9.97 Å². The van der Waals surface area contributed by atoms with Crippen LogP contribution >= 0.6 is 11.8 Å². The van der Waals surface area contributed by atoms with Gasteiger partial charge in [-0.3, -0.25) is 0 Å². The fourth-order valence-corrected chi connectivity index (χ4v) is 2.53. The first kappa shape index (κ1) is 14.4. The molecule has 2 N–H and O–H groups in total. The molecule has 1 aliphatic rings. The molecule has 0 bridgehead atoms. The third-order valence-electron chi connectivity index (χ3n) is 3.54. The van der Waals surface area contributed by atoms with Crippen LogP contribution in [0.25, 0.3) is 0 Å². The molecule has 0 unspecified atom stereocenters. The summed E-state index contributed by atoms with van der Waals surface area (Å²) in [6.45, 7) is 3.72. The van der Waals surface area contributed by atoms with Gasteiger partial charge in [-0.05, 0) is 32.4 Å². The Kier molecular flexibility index (Phi) is 4.87. The Morgan fingerprint density at radius 2 is 2.00 bits per heavy atom. The molecule has 2 rings (SSSR count). The average Bonchev–Trinajstić information content (AvgIpc) is 2.38. The van der Waals surface area contributed by atoms with Crippen molar-refractivity contribution in [1.82, 2.24) is 9.97 Å². The van der Waals surface area contributed by atoms with Crippen molar-refractivity contribution >= 4 is 23.4 Å². The predicted molar refractivity (Wildman–Crippen MR) is 80.1 cm³/mol. The van der Waals surface area contributed by atoms with Crippen molar-refractivity contribution in [3.63, 3.8) is 0 Å². The van der Waals surface area contributed by atoms with E-state index in [9.17, 15) is 0 Å². The van der Waals surface area contributed by atoms with E-state index < -0.39 is 0 Å². The van der Waals surface area contributed by atoms with Gasteiger partial charge in [-0.1, -0.05) is 11.8 Å². The maximum Gasteiger partial charge on any atom is 0.191 e. The molecule has 19 heavy (non-hydrogen) atoms. The summed E-state index contributed by atoms with van der Waals surface area (Å²) in [5.74, 6) is 1.73. The van der Waals surface area contributed by atoms with Crippen molar-refractivity contribution in [3.8, 4) is 0 Å². The highest BCUT2D eigenvalue weighted by Gasteiger charge is 2.36. The van der Waals surface area contributed by atoms with E-state index in [2.05, 4.69) is 27.5 Å². The van der Waals surface area contributed by atoms with Crippen LogP contribution in [0.1, 0.15) is 26.2 Å². The highest BCUT2D eigenvalue weighted by molar-refractivity contribution is 7.98. The van der Waals surface area contributed by atoms with Gasteiger partial charge in [0.15, 0.2) is 5.16 Å². The molecular formula is C13H22N4OS. The number of thioether (sulfide) groups is 1. The number of nitrogens with zero attached hydrogens (tertiary/aromatic N) is 2. The van der Waals surface area contributed by atoms with E-state index in [1.807, 2.05) is 12.3 Å². The second-order valence-corrected chi connectivity index (χ2v) is 5.52. The number of hydrogen-bond donors (Lipinski definition) is 2. The largest absolute Gasteiger partial charge is 0.376 e. The molecule has 1 aromatic rings. The zero-order chi connectivity index (χ0) is 13.7. The Hall–Kier alpha value is -1.01. The number of ether oxygens (including phenoxy) is 1. The lowest BCUT2D eigenvalue weighted by atomic mass is 9.80. The molecule has 0 spiro atoms. The smallest absolute Gasteiger partial charge is 0.191 e. The van der Waals surface area contributed by atoms with Crippen LogP contribution in [0.3, 0.4) is 0 Å². The number of rotatable bonds is 7. The van der Waals surface area contributed by atoms with E-state index in [0.29, 0.717) is 0 Å². The number of methoxy groups -OCH3 is 1. The maximum absolute atomic E-state index is 5.60. The highest BCUT2D eigenvalue weighted by Crippen LogP contribution is 2.35. The first-order chi connectivity index (χ1) is 9.21. The van der Waals surface area contributed by atoms with Crippen LogP contribution in [0.15, 0.2) is 11.2 Å². The Balaban J connectivity index is 2.04. The fraction of sp³-hybridized carbons (Fsp3) is 0.692. The zero-order valence-corrected chi connectivity index (χ0v) is 12.6. The van der Waals surface area contributed by atoms with E-state index in [1.165, 1.54) is 6.42 Å². The summed E-state index contributed by atoms with van der Waals surface area (Å²) < 4.78 is 5.60. The molecule has 0 amide bonds. The van der Waals surface area contributed by atoms with Crippen LogP contribution in [-0.2, 0) is 4.74 Å². The molecule has 0 aliphatic heterocycles. The third kappa shape index (κ3) is 3.51.